The van der Waals surface area contributed by atoms with Crippen LogP contribution in [0.4, 0.5) is 4.39 Å². The number of nitrogens with zero attached hydrogens (tertiary/aromatic N) is 1. The molecule has 0 aliphatic heterocycles. The Morgan fingerprint density at radius 3 is 2.89 bits per heavy atom. The summed E-state index contributed by atoms with van der Waals surface area (Å²) in [6, 6.07) is 10.5. The first-order chi connectivity index (χ1) is 8.69. The maximum absolute atomic E-state index is 13.6. The standard InChI is InChI=1S/C15H14FNO/c16-14-6-3-5-13-12(14)7-8-15(13,18)10-11-4-1-2-9-17-11/h1-6,9,18H,7-8,10H2. The maximum Gasteiger partial charge on any atom is 0.126 e. The quantitative estimate of drug-likeness (QED) is 0.879. The molecule has 0 saturated carbocycles. The lowest BCUT2D eigenvalue weighted by Gasteiger charge is -2.23. The van der Waals surface area contributed by atoms with Gasteiger partial charge in [0, 0.05) is 18.3 Å². The van der Waals surface area contributed by atoms with Crippen LogP contribution in [-0.4, -0.2) is 10.1 Å². The van der Waals surface area contributed by atoms with Gasteiger partial charge >= 0.3 is 0 Å². The van der Waals surface area contributed by atoms with Gasteiger partial charge in [-0.15, -0.1) is 0 Å². The molecule has 3 heteroatoms. The average molecular weight is 243 g/mol. The lowest BCUT2D eigenvalue weighted by atomic mass is 9.90. The van der Waals surface area contributed by atoms with Gasteiger partial charge < -0.3 is 5.11 Å². The Bertz CT molecular complexity index is 570. The molecule has 18 heavy (non-hydrogen) atoms. The van der Waals surface area contributed by atoms with Gasteiger partial charge in [0.1, 0.15) is 5.82 Å². The van der Waals surface area contributed by atoms with Crippen LogP contribution >= 0.6 is 0 Å². The van der Waals surface area contributed by atoms with E-state index in [1.807, 2.05) is 24.3 Å². The average Bonchev–Trinajstić information content (AvgIpc) is 2.70. The van der Waals surface area contributed by atoms with E-state index < -0.39 is 5.60 Å². The second-order valence-corrected chi connectivity index (χ2v) is 4.80. The molecule has 92 valence electrons. The third-order valence-corrected chi connectivity index (χ3v) is 3.61. The number of hydrogen-bond donors (Lipinski definition) is 1. The highest BCUT2D eigenvalue weighted by Gasteiger charge is 2.38. The normalized spacial score (nSPS) is 21.9. The van der Waals surface area contributed by atoms with Gasteiger partial charge in [-0.25, -0.2) is 4.39 Å². The third-order valence-electron chi connectivity index (χ3n) is 3.61. The summed E-state index contributed by atoms with van der Waals surface area (Å²) in [5, 5.41) is 10.7. The van der Waals surface area contributed by atoms with Crippen LogP contribution in [0.2, 0.25) is 0 Å². The van der Waals surface area contributed by atoms with Crippen molar-refractivity contribution in [3.05, 3.63) is 65.2 Å². The first-order valence-corrected chi connectivity index (χ1v) is 6.09. The van der Waals surface area contributed by atoms with Crippen molar-refractivity contribution in [1.29, 1.82) is 0 Å². The summed E-state index contributed by atoms with van der Waals surface area (Å²) < 4.78 is 13.6. The molecule has 1 aromatic heterocycles. The topological polar surface area (TPSA) is 33.1 Å². The van der Waals surface area contributed by atoms with Gasteiger partial charge in [-0.05, 0) is 42.2 Å². The zero-order valence-electron chi connectivity index (χ0n) is 9.94. The highest BCUT2D eigenvalue weighted by molar-refractivity contribution is 5.39. The molecule has 2 nitrogen and oxygen atoms in total. The number of hydrogen-bond acceptors (Lipinski definition) is 2. The van der Waals surface area contributed by atoms with Crippen LogP contribution in [0.15, 0.2) is 42.6 Å². The minimum absolute atomic E-state index is 0.218. The van der Waals surface area contributed by atoms with Crippen molar-refractivity contribution in [3.8, 4) is 0 Å². The molecule has 0 spiro atoms. The Morgan fingerprint density at radius 1 is 1.22 bits per heavy atom. The van der Waals surface area contributed by atoms with E-state index in [0.717, 1.165) is 5.69 Å². The highest BCUT2D eigenvalue weighted by atomic mass is 19.1. The summed E-state index contributed by atoms with van der Waals surface area (Å²) >= 11 is 0. The van der Waals surface area contributed by atoms with Crippen LogP contribution in [0.5, 0.6) is 0 Å². The van der Waals surface area contributed by atoms with E-state index in [9.17, 15) is 9.50 Å². The van der Waals surface area contributed by atoms with Gasteiger partial charge in [-0.2, -0.15) is 0 Å². The Balaban J connectivity index is 1.97. The van der Waals surface area contributed by atoms with Gasteiger partial charge in [0.05, 0.1) is 5.60 Å². The summed E-state index contributed by atoms with van der Waals surface area (Å²) in [6.45, 7) is 0. The second-order valence-electron chi connectivity index (χ2n) is 4.80. The summed E-state index contributed by atoms with van der Waals surface area (Å²) in [7, 11) is 0. The Hall–Kier alpha value is -1.74. The molecule has 2 aromatic rings. The second kappa shape index (κ2) is 4.18. The number of aromatic nitrogens is 1. The van der Waals surface area contributed by atoms with Gasteiger partial charge in [-0.1, -0.05) is 18.2 Å². The van der Waals surface area contributed by atoms with E-state index in [-0.39, 0.29) is 5.82 Å². The SMILES string of the molecule is OC1(Cc2ccccn2)CCc2c(F)cccc21. The number of aliphatic hydroxyl groups is 1. The number of benzene rings is 1. The molecular weight excluding hydrogens is 229 g/mol. The molecule has 1 aliphatic carbocycles. The Labute approximate surface area is 105 Å². The van der Waals surface area contributed by atoms with Gasteiger partial charge in [0.25, 0.3) is 0 Å². The largest absolute Gasteiger partial charge is 0.385 e. The molecule has 0 fully saturated rings. The van der Waals surface area contributed by atoms with Crippen LogP contribution < -0.4 is 0 Å². The van der Waals surface area contributed by atoms with Crippen molar-refractivity contribution < 1.29 is 9.50 Å². The van der Waals surface area contributed by atoms with Crippen molar-refractivity contribution in [3.63, 3.8) is 0 Å². The maximum atomic E-state index is 13.6. The molecule has 1 N–H and O–H groups in total. The molecule has 1 aliphatic rings. The number of halogens is 1. The van der Waals surface area contributed by atoms with E-state index in [2.05, 4.69) is 4.98 Å². The molecule has 0 radical (unpaired) electrons. The highest BCUT2D eigenvalue weighted by Crippen LogP contribution is 2.39. The van der Waals surface area contributed by atoms with E-state index in [1.54, 1.807) is 12.3 Å². The lowest BCUT2D eigenvalue weighted by Crippen LogP contribution is -2.25. The van der Waals surface area contributed by atoms with Crippen molar-refractivity contribution in [2.45, 2.75) is 24.9 Å². The smallest absolute Gasteiger partial charge is 0.126 e. The van der Waals surface area contributed by atoms with E-state index in [0.29, 0.717) is 30.4 Å². The Kier molecular flexibility index (Phi) is 2.63. The number of pyridine rings is 1. The summed E-state index contributed by atoms with van der Waals surface area (Å²) in [6.07, 6.45) is 3.29. The summed E-state index contributed by atoms with van der Waals surface area (Å²) in [4.78, 5) is 4.23. The first-order valence-electron chi connectivity index (χ1n) is 6.09. The molecule has 0 amide bonds. The van der Waals surface area contributed by atoms with Crippen molar-refractivity contribution in [2.75, 3.05) is 0 Å². The fourth-order valence-electron chi connectivity index (χ4n) is 2.70. The van der Waals surface area contributed by atoms with E-state index in [4.69, 9.17) is 0 Å². The fraction of sp³-hybridized carbons (Fsp3) is 0.267. The van der Waals surface area contributed by atoms with Gasteiger partial charge in [0.15, 0.2) is 0 Å². The molecule has 1 atom stereocenters. The molecular formula is C15H14FNO. The van der Waals surface area contributed by atoms with E-state index in [1.165, 1.54) is 6.07 Å². The zero-order valence-corrected chi connectivity index (χ0v) is 9.94. The van der Waals surface area contributed by atoms with Gasteiger partial charge in [-0.3, -0.25) is 4.98 Å². The fourth-order valence-corrected chi connectivity index (χ4v) is 2.70. The van der Waals surface area contributed by atoms with Crippen molar-refractivity contribution in [2.24, 2.45) is 0 Å². The van der Waals surface area contributed by atoms with E-state index >= 15 is 0 Å². The first kappa shape index (κ1) is 11.4. The molecule has 1 heterocycles. The summed E-state index contributed by atoms with van der Waals surface area (Å²) in [5.74, 6) is -0.218. The minimum atomic E-state index is -0.980. The molecule has 1 unspecified atom stereocenters. The van der Waals surface area contributed by atoms with Gasteiger partial charge in [0.2, 0.25) is 0 Å². The van der Waals surface area contributed by atoms with Crippen LogP contribution in [0.25, 0.3) is 0 Å². The van der Waals surface area contributed by atoms with Crippen LogP contribution in [0.1, 0.15) is 23.2 Å². The number of rotatable bonds is 2. The van der Waals surface area contributed by atoms with Crippen molar-refractivity contribution in [1.82, 2.24) is 4.98 Å². The Morgan fingerprint density at radius 2 is 2.11 bits per heavy atom. The minimum Gasteiger partial charge on any atom is -0.385 e. The van der Waals surface area contributed by atoms with Crippen LogP contribution in [-0.2, 0) is 18.4 Å². The van der Waals surface area contributed by atoms with Crippen LogP contribution in [0.3, 0.4) is 0 Å². The molecule has 1 aromatic carbocycles. The monoisotopic (exact) mass is 243 g/mol. The summed E-state index contributed by atoms with van der Waals surface area (Å²) in [5.41, 5.74) is 1.22. The van der Waals surface area contributed by atoms with Crippen molar-refractivity contribution >= 4 is 0 Å². The molecule has 0 bridgehead atoms. The number of fused-ring (bicyclic) bond motifs is 1. The van der Waals surface area contributed by atoms with Crippen LogP contribution in [0, 0.1) is 5.82 Å². The third kappa shape index (κ3) is 1.81. The predicted molar refractivity (Wildman–Crippen MR) is 66.6 cm³/mol. The lowest BCUT2D eigenvalue weighted by molar-refractivity contribution is 0.0379. The zero-order chi connectivity index (χ0) is 12.6. The molecule has 0 saturated heterocycles. The predicted octanol–water partition coefficient (Wildman–Crippen LogP) is 2.60. The molecule has 3 rings (SSSR count).